The largest absolute Gasteiger partial charge is 0.356 e. The quantitative estimate of drug-likeness (QED) is 0.823. The Hall–Kier alpha value is -0.680. The number of rotatable bonds is 3. The van der Waals surface area contributed by atoms with Gasteiger partial charge in [0.2, 0.25) is 5.13 Å². The van der Waals surface area contributed by atoms with Crippen molar-refractivity contribution < 1.29 is 0 Å². The zero-order valence-corrected chi connectivity index (χ0v) is 10.1. The molecule has 4 nitrogen and oxygen atoms in total. The van der Waals surface area contributed by atoms with Crippen molar-refractivity contribution in [1.82, 2.24) is 14.7 Å². The molecule has 2 rings (SSSR count). The summed E-state index contributed by atoms with van der Waals surface area (Å²) in [5, 5.41) is 7.90. The van der Waals surface area contributed by atoms with Crippen molar-refractivity contribution in [1.29, 1.82) is 0 Å². The van der Waals surface area contributed by atoms with Gasteiger partial charge in [0.25, 0.3) is 0 Å². The van der Waals surface area contributed by atoms with Crippen molar-refractivity contribution in [2.75, 3.05) is 11.9 Å². The predicted molar refractivity (Wildman–Crippen MR) is 63.4 cm³/mol. The maximum Gasteiger partial charge on any atom is 0.202 e. The van der Waals surface area contributed by atoms with Crippen molar-refractivity contribution in [2.24, 2.45) is 0 Å². The lowest BCUT2D eigenvalue weighted by molar-refractivity contribution is 0.389. The second kappa shape index (κ2) is 4.90. The number of nitrogens with one attached hydrogen (secondary N) is 2. The topological polar surface area (TPSA) is 49.8 Å². The van der Waals surface area contributed by atoms with E-state index in [0.717, 1.165) is 23.9 Å². The Balaban J connectivity index is 1.95. The average Bonchev–Trinajstić information content (AvgIpc) is 2.69. The van der Waals surface area contributed by atoms with Gasteiger partial charge in [0.05, 0.1) is 0 Å². The van der Waals surface area contributed by atoms with E-state index in [1.54, 1.807) is 0 Å². The SMILES string of the molecule is CCc1nsc(NC2CCCNC2C)n1. The second-order valence-corrected chi connectivity index (χ2v) is 4.76. The highest BCUT2D eigenvalue weighted by Gasteiger charge is 2.21. The molecule has 2 N–H and O–H groups in total. The first-order valence-corrected chi connectivity index (χ1v) is 6.39. The minimum absolute atomic E-state index is 0.497. The molecule has 5 heteroatoms. The lowest BCUT2D eigenvalue weighted by atomic mass is 10.0. The highest BCUT2D eigenvalue weighted by Crippen LogP contribution is 2.17. The van der Waals surface area contributed by atoms with Gasteiger partial charge in [0.15, 0.2) is 0 Å². The minimum Gasteiger partial charge on any atom is -0.356 e. The average molecular weight is 226 g/mol. The number of hydrogen-bond acceptors (Lipinski definition) is 5. The van der Waals surface area contributed by atoms with Gasteiger partial charge in [-0.15, -0.1) is 0 Å². The van der Waals surface area contributed by atoms with E-state index in [9.17, 15) is 0 Å². The van der Waals surface area contributed by atoms with Crippen LogP contribution in [0.2, 0.25) is 0 Å². The highest BCUT2D eigenvalue weighted by molar-refractivity contribution is 7.09. The number of anilines is 1. The molecule has 0 saturated carbocycles. The standard InChI is InChI=1S/C10H18N4S/c1-3-9-13-10(15-14-9)12-8-5-4-6-11-7(8)2/h7-8,11H,3-6H2,1-2H3,(H,12,13,14). The summed E-state index contributed by atoms with van der Waals surface area (Å²) in [4.78, 5) is 4.43. The van der Waals surface area contributed by atoms with Gasteiger partial charge in [-0.3, -0.25) is 0 Å². The lowest BCUT2D eigenvalue weighted by Crippen LogP contribution is -2.46. The Bertz CT molecular complexity index is 312. The zero-order chi connectivity index (χ0) is 10.7. The molecule has 1 aliphatic heterocycles. The Labute approximate surface area is 94.7 Å². The van der Waals surface area contributed by atoms with Gasteiger partial charge in [0, 0.05) is 30.0 Å². The molecule has 2 atom stereocenters. The molecule has 1 aromatic heterocycles. The summed E-state index contributed by atoms with van der Waals surface area (Å²) in [7, 11) is 0. The van der Waals surface area contributed by atoms with Crippen LogP contribution < -0.4 is 10.6 Å². The van der Waals surface area contributed by atoms with Crippen LogP contribution in [0.5, 0.6) is 0 Å². The number of aryl methyl sites for hydroxylation is 1. The van der Waals surface area contributed by atoms with E-state index in [1.165, 1.54) is 24.4 Å². The van der Waals surface area contributed by atoms with E-state index in [1.807, 2.05) is 0 Å². The van der Waals surface area contributed by atoms with Crippen LogP contribution in [-0.4, -0.2) is 28.0 Å². The van der Waals surface area contributed by atoms with Crippen LogP contribution in [0.4, 0.5) is 5.13 Å². The van der Waals surface area contributed by atoms with E-state index < -0.39 is 0 Å². The van der Waals surface area contributed by atoms with E-state index in [0.29, 0.717) is 12.1 Å². The van der Waals surface area contributed by atoms with Crippen molar-refractivity contribution in [3.8, 4) is 0 Å². The molecule has 0 amide bonds. The van der Waals surface area contributed by atoms with Gasteiger partial charge in [-0.2, -0.15) is 4.37 Å². The van der Waals surface area contributed by atoms with E-state index in [2.05, 4.69) is 33.8 Å². The van der Waals surface area contributed by atoms with E-state index in [-0.39, 0.29) is 0 Å². The third kappa shape index (κ3) is 2.66. The molecule has 2 heterocycles. The molecule has 1 aliphatic rings. The third-order valence-corrected chi connectivity index (χ3v) is 3.54. The molecule has 1 aromatic rings. The summed E-state index contributed by atoms with van der Waals surface area (Å²) in [6.07, 6.45) is 3.37. The number of nitrogens with zero attached hydrogens (tertiary/aromatic N) is 2. The fourth-order valence-corrected chi connectivity index (χ4v) is 2.57. The molecule has 1 fully saturated rings. The predicted octanol–water partition coefficient (Wildman–Crippen LogP) is 1.65. The Morgan fingerprint density at radius 2 is 2.47 bits per heavy atom. The molecule has 0 aromatic carbocycles. The fourth-order valence-electron chi connectivity index (χ4n) is 1.86. The van der Waals surface area contributed by atoms with E-state index >= 15 is 0 Å². The van der Waals surface area contributed by atoms with Crippen LogP contribution >= 0.6 is 11.5 Å². The van der Waals surface area contributed by atoms with E-state index in [4.69, 9.17) is 0 Å². The molecular weight excluding hydrogens is 208 g/mol. The Morgan fingerprint density at radius 3 is 3.13 bits per heavy atom. The third-order valence-electron chi connectivity index (χ3n) is 2.85. The van der Waals surface area contributed by atoms with Gasteiger partial charge in [-0.1, -0.05) is 6.92 Å². The molecule has 2 unspecified atom stereocenters. The molecule has 84 valence electrons. The molecule has 0 radical (unpaired) electrons. The fraction of sp³-hybridized carbons (Fsp3) is 0.800. The van der Waals surface area contributed by atoms with Gasteiger partial charge >= 0.3 is 0 Å². The van der Waals surface area contributed by atoms with Crippen molar-refractivity contribution in [3.05, 3.63) is 5.82 Å². The minimum atomic E-state index is 0.497. The molecule has 0 spiro atoms. The maximum absolute atomic E-state index is 4.43. The van der Waals surface area contributed by atoms with Crippen LogP contribution in [0.1, 0.15) is 32.5 Å². The first-order valence-electron chi connectivity index (χ1n) is 5.62. The van der Waals surface area contributed by atoms with Crippen LogP contribution in [-0.2, 0) is 6.42 Å². The zero-order valence-electron chi connectivity index (χ0n) is 9.29. The summed E-state index contributed by atoms with van der Waals surface area (Å²) in [6.45, 7) is 5.44. The Kier molecular flexibility index (Phi) is 3.53. The summed E-state index contributed by atoms with van der Waals surface area (Å²) in [5.74, 6) is 0.943. The summed E-state index contributed by atoms with van der Waals surface area (Å²) in [6, 6.07) is 1.02. The molecule has 0 aliphatic carbocycles. The van der Waals surface area contributed by atoms with Crippen LogP contribution in [0.25, 0.3) is 0 Å². The van der Waals surface area contributed by atoms with Gasteiger partial charge in [-0.25, -0.2) is 4.98 Å². The maximum atomic E-state index is 4.43. The van der Waals surface area contributed by atoms with Crippen molar-refractivity contribution in [3.63, 3.8) is 0 Å². The molecular formula is C10H18N4S. The first-order chi connectivity index (χ1) is 7.29. The number of hydrogen-bond donors (Lipinski definition) is 2. The van der Waals surface area contributed by atoms with Crippen molar-refractivity contribution >= 4 is 16.7 Å². The van der Waals surface area contributed by atoms with Crippen LogP contribution in [0, 0.1) is 0 Å². The summed E-state index contributed by atoms with van der Waals surface area (Å²) < 4.78 is 4.27. The van der Waals surface area contributed by atoms with Crippen LogP contribution in [0.3, 0.4) is 0 Å². The second-order valence-electron chi connectivity index (χ2n) is 4.01. The smallest absolute Gasteiger partial charge is 0.202 e. The molecule has 0 bridgehead atoms. The van der Waals surface area contributed by atoms with Gasteiger partial charge in [-0.05, 0) is 26.3 Å². The normalized spacial score (nSPS) is 26.5. The number of piperidine rings is 1. The lowest BCUT2D eigenvalue weighted by Gasteiger charge is -2.30. The molecule has 15 heavy (non-hydrogen) atoms. The Morgan fingerprint density at radius 1 is 1.60 bits per heavy atom. The monoisotopic (exact) mass is 226 g/mol. The van der Waals surface area contributed by atoms with Crippen molar-refractivity contribution in [2.45, 2.75) is 45.2 Å². The highest BCUT2D eigenvalue weighted by atomic mass is 32.1. The summed E-state index contributed by atoms with van der Waals surface area (Å²) >= 11 is 1.47. The first kappa shape index (κ1) is 10.8. The van der Waals surface area contributed by atoms with Gasteiger partial charge in [0.1, 0.15) is 5.82 Å². The van der Waals surface area contributed by atoms with Crippen LogP contribution in [0.15, 0.2) is 0 Å². The summed E-state index contributed by atoms with van der Waals surface area (Å²) in [5.41, 5.74) is 0. The van der Waals surface area contributed by atoms with Gasteiger partial charge < -0.3 is 10.6 Å². The number of aromatic nitrogens is 2. The molecule has 1 saturated heterocycles.